The van der Waals surface area contributed by atoms with Gasteiger partial charge in [-0.1, -0.05) is 19.1 Å². The molecule has 0 aliphatic heterocycles. The second-order valence-corrected chi connectivity index (χ2v) is 3.93. The molecule has 0 radical (unpaired) electrons. The molecule has 1 rings (SSSR count). The van der Waals surface area contributed by atoms with Gasteiger partial charge in [0.05, 0.1) is 0 Å². The Bertz CT molecular complexity index is 351. The summed E-state index contributed by atoms with van der Waals surface area (Å²) in [6, 6.07) is 6.09. The topological polar surface area (TPSA) is 63.3 Å². The monoisotopic (exact) mass is 225 g/mol. The van der Waals surface area contributed by atoms with Crippen LogP contribution < -0.4 is 5.73 Å². The molecule has 0 aliphatic carbocycles. The van der Waals surface area contributed by atoms with Gasteiger partial charge in [0.1, 0.15) is 5.82 Å². The van der Waals surface area contributed by atoms with Gasteiger partial charge >= 0.3 is 5.97 Å². The molecular weight excluding hydrogens is 209 g/mol. The lowest BCUT2D eigenvalue weighted by atomic mass is 9.85. The molecule has 1 aromatic carbocycles. The molecule has 88 valence electrons. The highest BCUT2D eigenvalue weighted by atomic mass is 19.1. The van der Waals surface area contributed by atoms with Crippen LogP contribution in [-0.4, -0.2) is 17.6 Å². The number of hydrogen-bond acceptors (Lipinski definition) is 2. The zero-order valence-electron chi connectivity index (χ0n) is 9.19. The third kappa shape index (κ3) is 3.31. The maximum absolute atomic E-state index is 12.7. The van der Waals surface area contributed by atoms with Crippen LogP contribution in [0.25, 0.3) is 0 Å². The van der Waals surface area contributed by atoms with Gasteiger partial charge in [0.25, 0.3) is 0 Å². The van der Waals surface area contributed by atoms with E-state index in [1.807, 2.05) is 6.92 Å². The van der Waals surface area contributed by atoms with E-state index >= 15 is 0 Å². The lowest BCUT2D eigenvalue weighted by molar-refractivity contribution is -0.138. The summed E-state index contributed by atoms with van der Waals surface area (Å²) in [6.45, 7) is 2.22. The molecule has 3 N–H and O–H groups in total. The Morgan fingerprint density at radius 2 is 2.00 bits per heavy atom. The van der Waals surface area contributed by atoms with Gasteiger partial charge in [-0.15, -0.1) is 0 Å². The standard InChI is InChI=1S/C12H16FNO2/c1-8(10(7-14)6-12(15)16)9-2-4-11(13)5-3-9/h2-5,8,10H,6-7,14H2,1H3,(H,15,16). The molecule has 0 amide bonds. The number of hydrogen-bond donors (Lipinski definition) is 2. The Balaban J connectivity index is 2.78. The van der Waals surface area contributed by atoms with Crippen molar-refractivity contribution in [3.63, 3.8) is 0 Å². The van der Waals surface area contributed by atoms with Crippen LogP contribution >= 0.6 is 0 Å². The molecule has 0 aliphatic rings. The lowest BCUT2D eigenvalue weighted by Crippen LogP contribution is -2.23. The number of carboxylic acids is 1. The Morgan fingerprint density at radius 3 is 2.44 bits per heavy atom. The second-order valence-electron chi connectivity index (χ2n) is 3.93. The molecule has 1 aromatic rings. The van der Waals surface area contributed by atoms with Crippen LogP contribution in [-0.2, 0) is 4.79 Å². The minimum atomic E-state index is -0.857. The zero-order chi connectivity index (χ0) is 12.1. The fraction of sp³-hybridized carbons (Fsp3) is 0.417. The number of nitrogens with two attached hydrogens (primary N) is 1. The first-order valence-corrected chi connectivity index (χ1v) is 5.22. The Kier molecular flexibility index (Phi) is 4.43. The predicted octanol–water partition coefficient (Wildman–Crippen LogP) is 1.98. The van der Waals surface area contributed by atoms with Crippen molar-refractivity contribution in [2.75, 3.05) is 6.54 Å². The summed E-state index contributed by atoms with van der Waals surface area (Å²) in [6.07, 6.45) is 0.0367. The summed E-state index contributed by atoms with van der Waals surface area (Å²) < 4.78 is 12.7. The van der Waals surface area contributed by atoms with Crippen LogP contribution in [0, 0.1) is 11.7 Å². The van der Waals surface area contributed by atoms with E-state index in [0.29, 0.717) is 6.54 Å². The highest BCUT2D eigenvalue weighted by Gasteiger charge is 2.20. The number of benzene rings is 1. The molecule has 0 heterocycles. The summed E-state index contributed by atoms with van der Waals surface area (Å²) in [5.74, 6) is -1.26. The Morgan fingerprint density at radius 1 is 1.44 bits per heavy atom. The molecule has 0 aromatic heterocycles. The summed E-state index contributed by atoms with van der Waals surface area (Å²) in [5.41, 5.74) is 6.47. The van der Waals surface area contributed by atoms with Gasteiger partial charge in [-0.3, -0.25) is 4.79 Å². The third-order valence-electron chi connectivity index (χ3n) is 2.84. The molecule has 0 saturated heterocycles. The van der Waals surface area contributed by atoms with Crippen LogP contribution in [0.5, 0.6) is 0 Å². The van der Waals surface area contributed by atoms with E-state index in [-0.39, 0.29) is 24.1 Å². The molecule has 2 unspecified atom stereocenters. The number of carboxylic acid groups (broad SMARTS) is 1. The maximum atomic E-state index is 12.7. The van der Waals surface area contributed by atoms with Crippen LogP contribution in [0.4, 0.5) is 4.39 Å². The van der Waals surface area contributed by atoms with E-state index in [9.17, 15) is 9.18 Å². The van der Waals surface area contributed by atoms with Crippen LogP contribution in [0.15, 0.2) is 24.3 Å². The lowest BCUT2D eigenvalue weighted by Gasteiger charge is -2.21. The average molecular weight is 225 g/mol. The molecule has 3 nitrogen and oxygen atoms in total. The first kappa shape index (κ1) is 12.6. The summed E-state index contributed by atoms with van der Waals surface area (Å²) in [4.78, 5) is 10.6. The van der Waals surface area contributed by atoms with Gasteiger partial charge < -0.3 is 10.8 Å². The van der Waals surface area contributed by atoms with Crippen molar-refractivity contribution in [3.8, 4) is 0 Å². The largest absolute Gasteiger partial charge is 0.481 e. The predicted molar refractivity (Wildman–Crippen MR) is 59.6 cm³/mol. The van der Waals surface area contributed by atoms with Gasteiger partial charge in [0.15, 0.2) is 0 Å². The third-order valence-corrected chi connectivity index (χ3v) is 2.84. The van der Waals surface area contributed by atoms with Crippen molar-refractivity contribution in [3.05, 3.63) is 35.6 Å². The normalized spacial score (nSPS) is 14.4. The summed E-state index contributed by atoms with van der Waals surface area (Å²) in [5, 5.41) is 8.74. The number of halogens is 1. The Labute approximate surface area is 94.1 Å². The van der Waals surface area contributed by atoms with Gasteiger partial charge in [-0.25, -0.2) is 4.39 Å². The first-order chi connectivity index (χ1) is 7.54. The molecular formula is C12H16FNO2. The number of carbonyl (C=O) groups is 1. The van der Waals surface area contributed by atoms with Gasteiger partial charge in [0.2, 0.25) is 0 Å². The van der Waals surface area contributed by atoms with E-state index in [0.717, 1.165) is 5.56 Å². The molecule has 0 spiro atoms. The van der Waals surface area contributed by atoms with Crippen LogP contribution in [0.2, 0.25) is 0 Å². The first-order valence-electron chi connectivity index (χ1n) is 5.22. The average Bonchev–Trinajstić information content (AvgIpc) is 2.25. The van der Waals surface area contributed by atoms with Crippen molar-refractivity contribution < 1.29 is 14.3 Å². The van der Waals surface area contributed by atoms with Crippen molar-refractivity contribution in [2.45, 2.75) is 19.3 Å². The molecule has 4 heteroatoms. The van der Waals surface area contributed by atoms with Crippen LogP contribution in [0.3, 0.4) is 0 Å². The zero-order valence-corrected chi connectivity index (χ0v) is 9.19. The van der Waals surface area contributed by atoms with Crippen molar-refractivity contribution in [1.29, 1.82) is 0 Å². The minimum Gasteiger partial charge on any atom is -0.481 e. The van der Waals surface area contributed by atoms with E-state index < -0.39 is 5.97 Å². The van der Waals surface area contributed by atoms with Gasteiger partial charge in [-0.05, 0) is 36.1 Å². The molecule has 0 bridgehead atoms. The van der Waals surface area contributed by atoms with E-state index in [1.165, 1.54) is 12.1 Å². The van der Waals surface area contributed by atoms with Crippen molar-refractivity contribution in [1.82, 2.24) is 0 Å². The quantitative estimate of drug-likeness (QED) is 0.805. The SMILES string of the molecule is CC(c1ccc(F)cc1)C(CN)CC(=O)O. The molecule has 2 atom stereocenters. The van der Waals surface area contributed by atoms with Crippen molar-refractivity contribution >= 4 is 5.97 Å². The fourth-order valence-corrected chi connectivity index (χ4v) is 1.73. The van der Waals surface area contributed by atoms with Crippen LogP contribution in [0.1, 0.15) is 24.8 Å². The fourth-order valence-electron chi connectivity index (χ4n) is 1.73. The summed E-state index contributed by atoms with van der Waals surface area (Å²) in [7, 11) is 0. The second kappa shape index (κ2) is 5.61. The maximum Gasteiger partial charge on any atom is 0.303 e. The van der Waals surface area contributed by atoms with E-state index in [1.54, 1.807) is 12.1 Å². The molecule has 0 fully saturated rings. The highest BCUT2D eigenvalue weighted by Crippen LogP contribution is 2.26. The summed E-state index contributed by atoms with van der Waals surface area (Å²) >= 11 is 0. The molecule has 16 heavy (non-hydrogen) atoms. The number of aliphatic carboxylic acids is 1. The van der Waals surface area contributed by atoms with Gasteiger partial charge in [-0.2, -0.15) is 0 Å². The van der Waals surface area contributed by atoms with Gasteiger partial charge in [0, 0.05) is 6.42 Å². The smallest absolute Gasteiger partial charge is 0.303 e. The Hall–Kier alpha value is -1.42. The van der Waals surface area contributed by atoms with E-state index in [4.69, 9.17) is 10.8 Å². The van der Waals surface area contributed by atoms with E-state index in [2.05, 4.69) is 0 Å². The number of rotatable bonds is 5. The van der Waals surface area contributed by atoms with Crippen molar-refractivity contribution in [2.24, 2.45) is 11.7 Å². The minimum absolute atomic E-state index is 0.0155. The molecule has 0 saturated carbocycles. The highest BCUT2D eigenvalue weighted by molar-refractivity contribution is 5.67.